The predicted molar refractivity (Wildman–Crippen MR) is 70.6 cm³/mol. The molecule has 0 spiro atoms. The molecule has 0 radical (unpaired) electrons. The SMILES string of the molecule is CCCc1cc(NCC(C)(CC)C(=O)O)ncn1. The molecule has 0 aliphatic carbocycles. The summed E-state index contributed by atoms with van der Waals surface area (Å²) in [6.07, 6.45) is 4.01. The third kappa shape index (κ3) is 3.68. The third-order valence-electron chi connectivity index (χ3n) is 3.19. The molecule has 1 aromatic heterocycles. The van der Waals surface area contributed by atoms with Crippen molar-refractivity contribution in [3.63, 3.8) is 0 Å². The standard InChI is InChI=1S/C13H21N3O2/c1-4-6-10-7-11(16-9-15-10)14-8-13(3,5-2)12(17)18/h7,9H,4-6,8H2,1-3H3,(H,17,18)(H,14,15,16). The van der Waals surface area contributed by atoms with E-state index >= 15 is 0 Å². The molecule has 100 valence electrons. The van der Waals surface area contributed by atoms with Gasteiger partial charge in [-0.05, 0) is 19.8 Å². The van der Waals surface area contributed by atoms with E-state index in [4.69, 9.17) is 0 Å². The van der Waals surface area contributed by atoms with Gasteiger partial charge >= 0.3 is 5.97 Å². The summed E-state index contributed by atoms with van der Waals surface area (Å²) in [6.45, 7) is 6.06. The summed E-state index contributed by atoms with van der Waals surface area (Å²) in [5.41, 5.74) is 0.208. The minimum atomic E-state index is -0.791. The van der Waals surface area contributed by atoms with E-state index in [1.165, 1.54) is 6.33 Å². The number of nitrogens with zero attached hydrogens (tertiary/aromatic N) is 2. The Bertz CT molecular complexity index is 409. The maximum atomic E-state index is 11.2. The van der Waals surface area contributed by atoms with Crippen molar-refractivity contribution in [3.05, 3.63) is 18.1 Å². The van der Waals surface area contributed by atoms with Crippen LogP contribution in [0.3, 0.4) is 0 Å². The van der Waals surface area contributed by atoms with Gasteiger partial charge in [0.15, 0.2) is 0 Å². The third-order valence-corrected chi connectivity index (χ3v) is 3.19. The van der Waals surface area contributed by atoms with Crippen molar-refractivity contribution in [1.29, 1.82) is 0 Å². The topological polar surface area (TPSA) is 75.1 Å². The summed E-state index contributed by atoms with van der Waals surface area (Å²) in [6, 6.07) is 1.88. The quantitative estimate of drug-likeness (QED) is 0.778. The number of aliphatic carboxylic acids is 1. The lowest BCUT2D eigenvalue weighted by Crippen LogP contribution is -2.34. The fourth-order valence-electron chi connectivity index (χ4n) is 1.52. The number of carboxylic acids is 1. The lowest BCUT2D eigenvalue weighted by Gasteiger charge is -2.23. The normalized spacial score (nSPS) is 13.9. The Morgan fingerprint density at radius 2 is 2.17 bits per heavy atom. The molecular formula is C13H21N3O2. The number of nitrogens with one attached hydrogen (secondary N) is 1. The van der Waals surface area contributed by atoms with Crippen molar-refractivity contribution in [1.82, 2.24) is 9.97 Å². The Morgan fingerprint density at radius 3 is 2.72 bits per heavy atom. The summed E-state index contributed by atoms with van der Waals surface area (Å²) >= 11 is 0. The number of rotatable bonds is 7. The second-order valence-corrected chi connectivity index (χ2v) is 4.72. The van der Waals surface area contributed by atoms with Crippen molar-refractivity contribution in [3.8, 4) is 0 Å². The van der Waals surface area contributed by atoms with E-state index in [-0.39, 0.29) is 0 Å². The van der Waals surface area contributed by atoms with E-state index in [1.54, 1.807) is 6.92 Å². The number of anilines is 1. The van der Waals surface area contributed by atoms with Gasteiger partial charge < -0.3 is 10.4 Å². The number of aryl methyl sites for hydroxylation is 1. The average Bonchev–Trinajstić information content (AvgIpc) is 2.36. The van der Waals surface area contributed by atoms with Crippen molar-refractivity contribution in [2.45, 2.75) is 40.0 Å². The van der Waals surface area contributed by atoms with Gasteiger partial charge in [0.2, 0.25) is 0 Å². The molecule has 1 rings (SSSR count). The van der Waals surface area contributed by atoms with Crippen LogP contribution in [0, 0.1) is 5.41 Å². The molecule has 5 nitrogen and oxygen atoms in total. The van der Waals surface area contributed by atoms with Crippen LogP contribution in [-0.4, -0.2) is 27.6 Å². The van der Waals surface area contributed by atoms with Crippen molar-refractivity contribution >= 4 is 11.8 Å². The first-order valence-corrected chi connectivity index (χ1v) is 6.30. The summed E-state index contributed by atoms with van der Waals surface area (Å²) in [7, 11) is 0. The van der Waals surface area contributed by atoms with E-state index in [2.05, 4.69) is 22.2 Å². The van der Waals surface area contributed by atoms with Crippen LogP contribution in [0.15, 0.2) is 12.4 Å². The number of hydrogen-bond acceptors (Lipinski definition) is 4. The van der Waals surface area contributed by atoms with Crippen LogP contribution in [0.4, 0.5) is 5.82 Å². The molecule has 1 unspecified atom stereocenters. The van der Waals surface area contributed by atoms with E-state index in [0.29, 0.717) is 18.8 Å². The van der Waals surface area contributed by atoms with Crippen LogP contribution in [0.5, 0.6) is 0 Å². The lowest BCUT2D eigenvalue weighted by molar-refractivity contribution is -0.147. The van der Waals surface area contributed by atoms with Gasteiger partial charge in [0.1, 0.15) is 12.1 Å². The maximum absolute atomic E-state index is 11.2. The fourth-order valence-corrected chi connectivity index (χ4v) is 1.52. The number of carbonyl (C=O) groups is 1. The Balaban J connectivity index is 2.68. The van der Waals surface area contributed by atoms with Gasteiger partial charge in [0, 0.05) is 18.3 Å². The highest BCUT2D eigenvalue weighted by atomic mass is 16.4. The molecule has 0 saturated heterocycles. The first kappa shape index (κ1) is 14.4. The lowest BCUT2D eigenvalue weighted by atomic mass is 9.88. The molecule has 0 bridgehead atoms. The predicted octanol–water partition coefficient (Wildman–Crippen LogP) is 2.34. The fraction of sp³-hybridized carbons (Fsp3) is 0.615. The number of carboxylic acid groups (broad SMARTS) is 1. The molecule has 0 amide bonds. The molecule has 0 aliphatic heterocycles. The molecule has 1 atom stereocenters. The Morgan fingerprint density at radius 1 is 1.44 bits per heavy atom. The maximum Gasteiger partial charge on any atom is 0.311 e. The van der Waals surface area contributed by atoms with Gasteiger partial charge in [-0.1, -0.05) is 20.3 Å². The molecule has 18 heavy (non-hydrogen) atoms. The second kappa shape index (κ2) is 6.33. The summed E-state index contributed by atoms with van der Waals surface area (Å²) < 4.78 is 0. The van der Waals surface area contributed by atoms with Gasteiger partial charge in [0.05, 0.1) is 5.41 Å². The Hall–Kier alpha value is -1.65. The molecule has 0 aliphatic rings. The second-order valence-electron chi connectivity index (χ2n) is 4.72. The smallest absolute Gasteiger partial charge is 0.311 e. The molecular weight excluding hydrogens is 230 g/mol. The summed E-state index contributed by atoms with van der Waals surface area (Å²) in [5.74, 6) is -0.102. The molecule has 1 aromatic rings. The van der Waals surface area contributed by atoms with Crippen molar-refractivity contribution < 1.29 is 9.90 Å². The zero-order chi connectivity index (χ0) is 13.6. The van der Waals surface area contributed by atoms with Crippen LogP contribution in [-0.2, 0) is 11.2 Å². The molecule has 5 heteroatoms. The largest absolute Gasteiger partial charge is 0.481 e. The van der Waals surface area contributed by atoms with Crippen LogP contribution in [0.1, 0.15) is 39.3 Å². The Kier molecular flexibility index (Phi) is 5.07. The average molecular weight is 251 g/mol. The zero-order valence-electron chi connectivity index (χ0n) is 11.2. The highest BCUT2D eigenvalue weighted by Crippen LogP contribution is 2.21. The van der Waals surface area contributed by atoms with Crippen molar-refractivity contribution in [2.75, 3.05) is 11.9 Å². The minimum absolute atomic E-state index is 0.363. The van der Waals surface area contributed by atoms with Crippen LogP contribution in [0.25, 0.3) is 0 Å². The van der Waals surface area contributed by atoms with E-state index in [9.17, 15) is 9.90 Å². The number of hydrogen-bond donors (Lipinski definition) is 2. The van der Waals surface area contributed by atoms with Gasteiger partial charge in [-0.3, -0.25) is 4.79 Å². The van der Waals surface area contributed by atoms with E-state index < -0.39 is 11.4 Å². The molecule has 1 heterocycles. The summed E-state index contributed by atoms with van der Waals surface area (Å²) in [5, 5.41) is 12.3. The van der Waals surface area contributed by atoms with Gasteiger partial charge in [0.25, 0.3) is 0 Å². The highest BCUT2D eigenvalue weighted by Gasteiger charge is 2.30. The van der Waals surface area contributed by atoms with Crippen LogP contribution >= 0.6 is 0 Å². The van der Waals surface area contributed by atoms with Gasteiger partial charge in [-0.2, -0.15) is 0 Å². The molecule has 2 N–H and O–H groups in total. The molecule has 0 fully saturated rings. The van der Waals surface area contributed by atoms with Crippen LogP contribution < -0.4 is 5.32 Å². The first-order chi connectivity index (χ1) is 8.51. The van der Waals surface area contributed by atoms with Gasteiger partial charge in [-0.15, -0.1) is 0 Å². The first-order valence-electron chi connectivity index (χ1n) is 6.30. The Labute approximate surface area is 108 Å². The minimum Gasteiger partial charge on any atom is -0.481 e. The zero-order valence-corrected chi connectivity index (χ0v) is 11.2. The molecule has 0 saturated carbocycles. The van der Waals surface area contributed by atoms with E-state index in [1.807, 2.05) is 13.0 Å². The van der Waals surface area contributed by atoms with Crippen LogP contribution in [0.2, 0.25) is 0 Å². The summed E-state index contributed by atoms with van der Waals surface area (Å²) in [4.78, 5) is 19.4. The monoisotopic (exact) mass is 251 g/mol. The molecule has 0 aromatic carbocycles. The highest BCUT2D eigenvalue weighted by molar-refractivity contribution is 5.74. The van der Waals surface area contributed by atoms with Gasteiger partial charge in [-0.25, -0.2) is 9.97 Å². The van der Waals surface area contributed by atoms with E-state index in [0.717, 1.165) is 18.5 Å². The number of aromatic nitrogens is 2. The van der Waals surface area contributed by atoms with Crippen molar-refractivity contribution in [2.24, 2.45) is 5.41 Å².